The normalized spacial score (nSPS) is 10.7. The van der Waals surface area contributed by atoms with Crippen LogP contribution in [0.15, 0.2) is 35.1 Å². The number of nitrogens with one attached hydrogen (secondary N) is 2. The maximum atomic E-state index is 12.2. The van der Waals surface area contributed by atoms with E-state index in [9.17, 15) is 4.79 Å². The second kappa shape index (κ2) is 8.75. The molecule has 2 N–H and O–H groups in total. The molecule has 1 aromatic carbocycles. The standard InChI is InChI=1S/C17H22BrN5O/c1-12-5-6-13(9-14(12)18)22-17(24)15-10-21-16(11-20-15)19-7-4-8-23(2)3/h5-6,9-11H,4,7-8H2,1-3H3,(H,19,21)(H,22,24). The molecule has 0 aliphatic heterocycles. The molecule has 24 heavy (non-hydrogen) atoms. The highest BCUT2D eigenvalue weighted by Crippen LogP contribution is 2.20. The number of carbonyl (C=O) groups excluding carboxylic acids is 1. The van der Waals surface area contributed by atoms with Crippen LogP contribution in [0.25, 0.3) is 0 Å². The molecule has 2 rings (SSSR count). The lowest BCUT2D eigenvalue weighted by atomic mass is 10.2. The summed E-state index contributed by atoms with van der Waals surface area (Å²) in [4.78, 5) is 22.7. The van der Waals surface area contributed by atoms with Crippen molar-refractivity contribution < 1.29 is 4.79 Å². The molecule has 0 saturated carbocycles. The molecule has 0 bridgehead atoms. The van der Waals surface area contributed by atoms with Crippen LogP contribution < -0.4 is 10.6 Å². The van der Waals surface area contributed by atoms with Crippen molar-refractivity contribution in [2.45, 2.75) is 13.3 Å². The number of carbonyl (C=O) groups is 1. The zero-order chi connectivity index (χ0) is 17.5. The molecule has 128 valence electrons. The van der Waals surface area contributed by atoms with Crippen molar-refractivity contribution in [2.75, 3.05) is 37.8 Å². The average molecular weight is 392 g/mol. The molecule has 1 aromatic heterocycles. The number of rotatable bonds is 7. The van der Waals surface area contributed by atoms with Crippen molar-refractivity contribution in [3.05, 3.63) is 46.3 Å². The van der Waals surface area contributed by atoms with Gasteiger partial charge in [0.15, 0.2) is 0 Å². The van der Waals surface area contributed by atoms with Crippen LogP contribution in [0.5, 0.6) is 0 Å². The topological polar surface area (TPSA) is 70.2 Å². The fourth-order valence-electron chi connectivity index (χ4n) is 2.01. The van der Waals surface area contributed by atoms with Crippen LogP contribution >= 0.6 is 15.9 Å². The monoisotopic (exact) mass is 391 g/mol. The zero-order valence-electron chi connectivity index (χ0n) is 14.1. The summed E-state index contributed by atoms with van der Waals surface area (Å²) in [5.74, 6) is 0.390. The van der Waals surface area contributed by atoms with Gasteiger partial charge in [0.05, 0.1) is 12.4 Å². The summed E-state index contributed by atoms with van der Waals surface area (Å²) in [7, 11) is 4.08. The first-order chi connectivity index (χ1) is 11.5. The number of amides is 1. The van der Waals surface area contributed by atoms with E-state index in [2.05, 4.69) is 41.4 Å². The molecule has 0 radical (unpaired) electrons. The van der Waals surface area contributed by atoms with Crippen LogP contribution in [0, 0.1) is 6.92 Å². The Bertz CT molecular complexity index is 688. The van der Waals surface area contributed by atoms with Crippen LogP contribution in [0.3, 0.4) is 0 Å². The summed E-state index contributed by atoms with van der Waals surface area (Å²) in [5.41, 5.74) is 2.10. The van der Waals surface area contributed by atoms with Crippen molar-refractivity contribution >= 4 is 33.3 Å². The lowest BCUT2D eigenvalue weighted by molar-refractivity contribution is 0.102. The number of hydrogen-bond donors (Lipinski definition) is 2. The highest BCUT2D eigenvalue weighted by molar-refractivity contribution is 9.10. The van der Waals surface area contributed by atoms with Gasteiger partial charge in [-0.1, -0.05) is 22.0 Å². The van der Waals surface area contributed by atoms with Gasteiger partial charge in [-0.05, 0) is 51.7 Å². The molecule has 7 heteroatoms. The molecule has 0 saturated heterocycles. The fraction of sp³-hybridized carbons (Fsp3) is 0.353. The third-order valence-electron chi connectivity index (χ3n) is 3.40. The molecule has 1 amide bonds. The van der Waals surface area contributed by atoms with Crippen LogP contribution in [-0.4, -0.2) is 48.0 Å². The molecule has 0 unspecified atom stereocenters. The van der Waals surface area contributed by atoms with E-state index in [-0.39, 0.29) is 11.6 Å². The maximum Gasteiger partial charge on any atom is 0.275 e. The molecule has 0 spiro atoms. The van der Waals surface area contributed by atoms with E-state index in [1.54, 1.807) is 6.20 Å². The Labute approximate surface area is 150 Å². The SMILES string of the molecule is Cc1ccc(NC(=O)c2cnc(NCCCN(C)C)cn2)cc1Br. The first-order valence-corrected chi connectivity index (χ1v) is 8.53. The summed E-state index contributed by atoms with van der Waals surface area (Å²) >= 11 is 3.45. The Hall–Kier alpha value is -1.99. The molecule has 1 heterocycles. The van der Waals surface area contributed by atoms with E-state index in [1.165, 1.54) is 6.20 Å². The Balaban J connectivity index is 1.89. The third kappa shape index (κ3) is 5.58. The number of hydrogen-bond acceptors (Lipinski definition) is 5. The predicted molar refractivity (Wildman–Crippen MR) is 101 cm³/mol. The van der Waals surface area contributed by atoms with Crippen molar-refractivity contribution in [2.24, 2.45) is 0 Å². The number of halogens is 1. The zero-order valence-corrected chi connectivity index (χ0v) is 15.7. The Morgan fingerprint density at radius 3 is 2.67 bits per heavy atom. The lowest BCUT2D eigenvalue weighted by Gasteiger charge is -2.10. The van der Waals surface area contributed by atoms with Gasteiger partial charge in [-0.2, -0.15) is 0 Å². The van der Waals surface area contributed by atoms with Crippen LogP contribution in [-0.2, 0) is 0 Å². The van der Waals surface area contributed by atoms with Crippen LogP contribution in [0.2, 0.25) is 0 Å². The highest BCUT2D eigenvalue weighted by atomic mass is 79.9. The Kier molecular flexibility index (Phi) is 6.69. The van der Waals surface area contributed by atoms with E-state index < -0.39 is 0 Å². The minimum absolute atomic E-state index is 0.280. The minimum Gasteiger partial charge on any atom is -0.369 e. The third-order valence-corrected chi connectivity index (χ3v) is 4.26. The van der Waals surface area contributed by atoms with Crippen LogP contribution in [0.1, 0.15) is 22.5 Å². The summed E-state index contributed by atoms with van der Waals surface area (Å²) in [5, 5.41) is 6.00. The first-order valence-electron chi connectivity index (χ1n) is 7.74. The van der Waals surface area contributed by atoms with Gasteiger partial charge >= 0.3 is 0 Å². The Morgan fingerprint density at radius 1 is 1.25 bits per heavy atom. The molecule has 0 fully saturated rings. The summed E-state index contributed by atoms with van der Waals surface area (Å²) in [6.07, 6.45) is 4.07. The van der Waals surface area contributed by atoms with Gasteiger partial charge in [-0.3, -0.25) is 4.79 Å². The van der Waals surface area contributed by atoms with E-state index in [0.717, 1.165) is 29.5 Å². The summed E-state index contributed by atoms with van der Waals surface area (Å²) < 4.78 is 0.948. The predicted octanol–water partition coefficient (Wildman–Crippen LogP) is 3.16. The van der Waals surface area contributed by atoms with Crippen LogP contribution in [0.4, 0.5) is 11.5 Å². The van der Waals surface area contributed by atoms with E-state index in [0.29, 0.717) is 11.5 Å². The van der Waals surface area contributed by atoms with Gasteiger partial charge in [0.1, 0.15) is 11.5 Å². The number of aromatic nitrogens is 2. The molecular weight excluding hydrogens is 370 g/mol. The lowest BCUT2D eigenvalue weighted by Crippen LogP contribution is -2.17. The summed E-state index contributed by atoms with van der Waals surface area (Å²) in [6.45, 7) is 3.81. The first kappa shape index (κ1) is 18.4. The van der Waals surface area contributed by atoms with Gasteiger partial charge < -0.3 is 15.5 Å². The van der Waals surface area contributed by atoms with Crippen molar-refractivity contribution in [1.29, 1.82) is 0 Å². The van der Waals surface area contributed by atoms with E-state index in [1.807, 2.05) is 39.2 Å². The molecular formula is C17H22BrN5O. The maximum absolute atomic E-state index is 12.2. The second-order valence-corrected chi connectivity index (χ2v) is 6.64. The molecule has 0 atom stereocenters. The molecule has 0 aliphatic carbocycles. The number of anilines is 2. The molecule has 0 aliphatic rings. The quantitative estimate of drug-likeness (QED) is 0.709. The Morgan fingerprint density at radius 2 is 2.04 bits per heavy atom. The van der Waals surface area contributed by atoms with E-state index in [4.69, 9.17) is 0 Å². The summed E-state index contributed by atoms with van der Waals surface area (Å²) in [6, 6.07) is 5.65. The van der Waals surface area contributed by atoms with Gasteiger partial charge in [-0.15, -0.1) is 0 Å². The van der Waals surface area contributed by atoms with Crippen molar-refractivity contribution in [3.63, 3.8) is 0 Å². The number of nitrogens with zero attached hydrogens (tertiary/aromatic N) is 3. The van der Waals surface area contributed by atoms with Gasteiger partial charge in [0.25, 0.3) is 5.91 Å². The smallest absolute Gasteiger partial charge is 0.275 e. The largest absolute Gasteiger partial charge is 0.369 e. The average Bonchev–Trinajstić information content (AvgIpc) is 2.55. The molecule has 6 nitrogen and oxygen atoms in total. The van der Waals surface area contributed by atoms with Gasteiger partial charge in [0.2, 0.25) is 0 Å². The highest BCUT2D eigenvalue weighted by Gasteiger charge is 2.09. The molecule has 2 aromatic rings. The van der Waals surface area contributed by atoms with Crippen molar-refractivity contribution in [3.8, 4) is 0 Å². The van der Waals surface area contributed by atoms with Gasteiger partial charge in [0, 0.05) is 16.7 Å². The van der Waals surface area contributed by atoms with Crippen molar-refractivity contribution in [1.82, 2.24) is 14.9 Å². The second-order valence-electron chi connectivity index (χ2n) is 5.79. The number of aryl methyl sites for hydroxylation is 1. The van der Waals surface area contributed by atoms with Gasteiger partial charge in [-0.25, -0.2) is 9.97 Å². The fourth-order valence-corrected chi connectivity index (χ4v) is 2.39. The number of benzene rings is 1. The minimum atomic E-state index is -0.280. The van der Waals surface area contributed by atoms with E-state index >= 15 is 0 Å².